The van der Waals surface area contributed by atoms with Gasteiger partial charge in [0, 0.05) is 6.07 Å². The molecule has 8 heteroatoms. The van der Waals surface area contributed by atoms with Crippen LogP contribution in [0.4, 0.5) is 14.9 Å². The molecule has 0 fully saturated rings. The maximum absolute atomic E-state index is 13.2. The maximum Gasteiger partial charge on any atom is 0.319 e. The number of rotatable bonds is 7. The number of halogens is 1. The molecule has 1 aromatic heterocycles. The molecule has 0 unspecified atom stereocenters. The Morgan fingerprint density at radius 3 is 2.79 bits per heavy atom. The maximum atomic E-state index is 13.2. The summed E-state index contributed by atoms with van der Waals surface area (Å²) in [5.74, 6) is -0.0113. The minimum absolute atomic E-state index is 0.211. The van der Waals surface area contributed by atoms with E-state index in [0.29, 0.717) is 18.1 Å². The van der Waals surface area contributed by atoms with Crippen molar-refractivity contribution in [3.05, 3.63) is 48.2 Å². The molecule has 2 aromatic rings. The monoisotopic (exact) mass is 335 g/mol. The Morgan fingerprint density at radius 1 is 1.25 bits per heavy atom. The Bertz CT molecular complexity index is 689. The highest BCUT2D eigenvalue weighted by atomic mass is 19.1. The summed E-state index contributed by atoms with van der Waals surface area (Å²) < 4.78 is 23.5. The normalized spacial score (nSPS) is 10.1. The number of carbonyl (C=O) groups is 2. The quantitative estimate of drug-likeness (QED) is 0.723. The second-order valence-electron chi connectivity index (χ2n) is 4.74. The van der Waals surface area contributed by atoms with Crippen molar-refractivity contribution >= 4 is 17.6 Å². The lowest BCUT2D eigenvalue weighted by Gasteiger charge is -2.12. The van der Waals surface area contributed by atoms with Gasteiger partial charge >= 0.3 is 6.03 Å². The number of benzene rings is 1. The first-order valence-corrected chi connectivity index (χ1v) is 7.34. The highest BCUT2D eigenvalue weighted by Crippen LogP contribution is 2.25. The number of carbonyl (C=O) groups excluding carboxylic acids is 2. The van der Waals surface area contributed by atoms with E-state index >= 15 is 0 Å². The van der Waals surface area contributed by atoms with Crippen molar-refractivity contribution in [1.82, 2.24) is 10.6 Å². The third-order valence-corrected chi connectivity index (χ3v) is 2.94. The number of hydrogen-bond donors (Lipinski definition) is 3. The standard InChI is InChI=1S/C16H18FN3O4/c1-2-23-14-8-11(17)5-6-13(14)20-16(22)19-10-15(21)18-9-12-4-3-7-24-12/h3-8H,2,9-10H2,1H3,(H,18,21)(H2,19,20,22). The van der Waals surface area contributed by atoms with E-state index in [4.69, 9.17) is 9.15 Å². The van der Waals surface area contributed by atoms with Gasteiger partial charge in [0.2, 0.25) is 5.91 Å². The van der Waals surface area contributed by atoms with Crippen molar-refractivity contribution in [3.8, 4) is 5.75 Å². The van der Waals surface area contributed by atoms with Gasteiger partial charge < -0.3 is 25.1 Å². The minimum Gasteiger partial charge on any atom is -0.492 e. The predicted octanol–water partition coefficient (Wildman–Crippen LogP) is 2.26. The molecule has 0 atom stereocenters. The largest absolute Gasteiger partial charge is 0.492 e. The van der Waals surface area contributed by atoms with Gasteiger partial charge in [-0.3, -0.25) is 4.79 Å². The number of urea groups is 1. The number of ether oxygens (including phenoxy) is 1. The van der Waals surface area contributed by atoms with Gasteiger partial charge in [-0.05, 0) is 31.2 Å². The van der Waals surface area contributed by atoms with Crippen molar-refractivity contribution < 1.29 is 23.1 Å². The Kier molecular flexibility index (Phi) is 6.18. The van der Waals surface area contributed by atoms with Gasteiger partial charge in [-0.15, -0.1) is 0 Å². The lowest BCUT2D eigenvalue weighted by atomic mass is 10.3. The number of hydrogen-bond acceptors (Lipinski definition) is 4. The van der Waals surface area contributed by atoms with E-state index in [-0.39, 0.29) is 24.7 Å². The zero-order valence-electron chi connectivity index (χ0n) is 13.1. The van der Waals surface area contributed by atoms with Crippen LogP contribution < -0.4 is 20.7 Å². The Morgan fingerprint density at radius 2 is 2.08 bits per heavy atom. The topological polar surface area (TPSA) is 92.6 Å². The fourth-order valence-corrected chi connectivity index (χ4v) is 1.86. The van der Waals surface area contributed by atoms with E-state index in [9.17, 15) is 14.0 Å². The van der Waals surface area contributed by atoms with Crippen LogP contribution in [-0.2, 0) is 11.3 Å². The molecule has 0 bridgehead atoms. The molecular formula is C16H18FN3O4. The summed E-state index contributed by atoms with van der Waals surface area (Å²) in [5, 5.41) is 7.50. The Labute approximate surface area is 138 Å². The Balaban J connectivity index is 1.79. The highest BCUT2D eigenvalue weighted by molar-refractivity contribution is 5.93. The van der Waals surface area contributed by atoms with Gasteiger partial charge in [0.15, 0.2) is 0 Å². The zero-order valence-corrected chi connectivity index (χ0v) is 13.1. The first-order valence-electron chi connectivity index (χ1n) is 7.34. The smallest absolute Gasteiger partial charge is 0.319 e. The molecule has 0 saturated carbocycles. The third kappa shape index (κ3) is 5.31. The lowest BCUT2D eigenvalue weighted by Crippen LogP contribution is -2.38. The van der Waals surface area contributed by atoms with Crippen LogP contribution in [0.15, 0.2) is 41.0 Å². The van der Waals surface area contributed by atoms with Crippen LogP contribution in [0.2, 0.25) is 0 Å². The summed E-state index contributed by atoms with van der Waals surface area (Å²) in [6, 6.07) is 6.60. The van der Waals surface area contributed by atoms with Crippen LogP contribution >= 0.6 is 0 Å². The zero-order chi connectivity index (χ0) is 17.4. The van der Waals surface area contributed by atoms with Gasteiger partial charge in [0.1, 0.15) is 17.3 Å². The molecule has 0 spiro atoms. The van der Waals surface area contributed by atoms with Crippen LogP contribution in [0.1, 0.15) is 12.7 Å². The molecule has 128 valence electrons. The summed E-state index contributed by atoms with van der Waals surface area (Å²) >= 11 is 0. The summed E-state index contributed by atoms with van der Waals surface area (Å²) in [7, 11) is 0. The van der Waals surface area contributed by atoms with Crippen LogP contribution in [-0.4, -0.2) is 25.1 Å². The van der Waals surface area contributed by atoms with Crippen LogP contribution in [0.3, 0.4) is 0 Å². The molecule has 3 N–H and O–H groups in total. The van der Waals surface area contributed by atoms with E-state index in [1.165, 1.54) is 24.5 Å². The second-order valence-corrected chi connectivity index (χ2v) is 4.74. The van der Waals surface area contributed by atoms with Crippen molar-refractivity contribution in [2.75, 3.05) is 18.5 Å². The molecule has 24 heavy (non-hydrogen) atoms. The summed E-state index contributed by atoms with van der Waals surface area (Å²) in [4.78, 5) is 23.5. The summed E-state index contributed by atoms with van der Waals surface area (Å²) in [6.07, 6.45) is 1.51. The first kappa shape index (κ1) is 17.3. The Hall–Kier alpha value is -3.03. The molecule has 0 saturated heterocycles. The van der Waals surface area contributed by atoms with E-state index in [1.54, 1.807) is 19.1 Å². The number of amides is 3. The SMILES string of the molecule is CCOc1cc(F)ccc1NC(=O)NCC(=O)NCc1ccco1. The molecule has 1 heterocycles. The van der Waals surface area contributed by atoms with Gasteiger partial charge in [0.25, 0.3) is 0 Å². The summed E-state index contributed by atoms with van der Waals surface area (Å²) in [6.45, 7) is 2.10. The highest BCUT2D eigenvalue weighted by Gasteiger charge is 2.10. The van der Waals surface area contributed by atoms with Crippen molar-refractivity contribution in [2.45, 2.75) is 13.5 Å². The minimum atomic E-state index is -0.601. The molecule has 1 aromatic carbocycles. The lowest BCUT2D eigenvalue weighted by molar-refractivity contribution is -0.120. The summed E-state index contributed by atoms with van der Waals surface area (Å²) in [5.41, 5.74) is 0.312. The average molecular weight is 335 g/mol. The number of nitrogens with one attached hydrogen (secondary N) is 3. The van der Waals surface area contributed by atoms with Gasteiger partial charge in [-0.1, -0.05) is 0 Å². The first-order chi connectivity index (χ1) is 11.6. The number of anilines is 1. The molecule has 0 aliphatic heterocycles. The molecule has 7 nitrogen and oxygen atoms in total. The second kappa shape index (κ2) is 8.56. The van der Waals surface area contributed by atoms with Crippen molar-refractivity contribution in [3.63, 3.8) is 0 Å². The molecule has 3 amide bonds. The molecular weight excluding hydrogens is 317 g/mol. The average Bonchev–Trinajstić information content (AvgIpc) is 3.07. The van der Waals surface area contributed by atoms with Crippen molar-refractivity contribution in [1.29, 1.82) is 0 Å². The van der Waals surface area contributed by atoms with E-state index in [0.717, 1.165) is 0 Å². The molecule has 0 aliphatic carbocycles. The van der Waals surface area contributed by atoms with Gasteiger partial charge in [-0.2, -0.15) is 0 Å². The van der Waals surface area contributed by atoms with Crippen molar-refractivity contribution in [2.24, 2.45) is 0 Å². The van der Waals surface area contributed by atoms with Crippen LogP contribution in [0.5, 0.6) is 5.75 Å². The van der Waals surface area contributed by atoms with E-state index in [2.05, 4.69) is 16.0 Å². The molecule has 2 rings (SSSR count). The number of furan rings is 1. The van der Waals surface area contributed by atoms with E-state index in [1.807, 2.05) is 0 Å². The third-order valence-electron chi connectivity index (χ3n) is 2.94. The van der Waals surface area contributed by atoms with Crippen LogP contribution in [0, 0.1) is 5.82 Å². The fraction of sp³-hybridized carbons (Fsp3) is 0.250. The van der Waals surface area contributed by atoms with Gasteiger partial charge in [-0.25, -0.2) is 9.18 Å². The molecule has 0 aliphatic rings. The van der Waals surface area contributed by atoms with Gasteiger partial charge in [0.05, 0.1) is 31.6 Å². The predicted molar refractivity (Wildman–Crippen MR) is 85.1 cm³/mol. The fourth-order valence-electron chi connectivity index (χ4n) is 1.86. The van der Waals surface area contributed by atoms with Crippen LogP contribution in [0.25, 0.3) is 0 Å². The van der Waals surface area contributed by atoms with E-state index < -0.39 is 11.8 Å². The molecule has 0 radical (unpaired) electrons.